The number of carboxylic acid groups (broad SMARTS) is 1. The summed E-state index contributed by atoms with van der Waals surface area (Å²) in [7, 11) is 0. The van der Waals surface area contributed by atoms with Gasteiger partial charge in [0.1, 0.15) is 29.4 Å². The van der Waals surface area contributed by atoms with Crippen LogP contribution in [0.15, 0.2) is 0 Å². The number of nitrogens with zero attached hydrogens (tertiary/aromatic N) is 1. The number of amides is 5. The zero-order chi connectivity index (χ0) is 31.3. The summed E-state index contributed by atoms with van der Waals surface area (Å²) in [5.74, 6) is -2.87. The van der Waals surface area contributed by atoms with Gasteiger partial charge in [-0.25, -0.2) is 14.4 Å². The summed E-state index contributed by atoms with van der Waals surface area (Å²) in [5, 5.41) is 18.3. The first kappa shape index (κ1) is 36.2. The largest absolute Gasteiger partial charge is 0.480 e. The second-order valence-corrected chi connectivity index (χ2v) is 11.8. The number of rotatable bonds is 12. The van der Waals surface area contributed by atoms with Crippen molar-refractivity contribution in [1.82, 2.24) is 26.2 Å². The van der Waals surface area contributed by atoms with Crippen molar-refractivity contribution in [2.45, 2.75) is 91.6 Å². The van der Waals surface area contributed by atoms with E-state index in [9.17, 15) is 28.8 Å². The Labute approximate surface area is 235 Å². The van der Waals surface area contributed by atoms with Crippen LogP contribution in [0, 0.1) is 0 Å². The van der Waals surface area contributed by atoms with E-state index < -0.39 is 71.9 Å². The molecule has 0 fully saturated rings. The molecule has 15 heteroatoms. The van der Waals surface area contributed by atoms with Crippen molar-refractivity contribution in [3.05, 3.63) is 0 Å². The molecule has 0 bridgehead atoms. The maximum absolute atomic E-state index is 13.2. The van der Waals surface area contributed by atoms with E-state index in [4.69, 9.17) is 19.3 Å². The first-order chi connectivity index (χ1) is 18.1. The molecule has 5 N–H and O–H groups in total. The SMILES string of the molecule is CC(C)(C)OC(=O)NCCN(CCNC(=O)OC(C)(C)C)C(=O)C[C@H](NC(=O)OC(C)(C)C)C(=O)NCC(=O)O. The van der Waals surface area contributed by atoms with Gasteiger partial charge >= 0.3 is 24.2 Å². The molecule has 0 radical (unpaired) electrons. The number of nitrogens with one attached hydrogen (secondary N) is 4. The summed E-state index contributed by atoms with van der Waals surface area (Å²) in [6.45, 7) is 14.1. The summed E-state index contributed by atoms with van der Waals surface area (Å²) in [6, 6.07) is -1.47. The highest BCUT2D eigenvalue weighted by molar-refractivity contribution is 5.92. The molecule has 1 atom stereocenters. The van der Waals surface area contributed by atoms with Gasteiger partial charge in [-0.15, -0.1) is 0 Å². The van der Waals surface area contributed by atoms with Crippen molar-refractivity contribution in [3.63, 3.8) is 0 Å². The number of carbonyl (C=O) groups excluding carboxylic acids is 5. The van der Waals surface area contributed by atoms with E-state index >= 15 is 0 Å². The average Bonchev–Trinajstić information content (AvgIpc) is 2.71. The Morgan fingerprint density at radius 3 is 1.45 bits per heavy atom. The number of ether oxygens (including phenoxy) is 3. The average molecular weight is 576 g/mol. The molecule has 0 saturated heterocycles. The summed E-state index contributed by atoms with van der Waals surface area (Å²) < 4.78 is 15.5. The molecule has 0 unspecified atom stereocenters. The Bertz CT molecular complexity index is 869. The van der Waals surface area contributed by atoms with Crippen molar-refractivity contribution in [2.24, 2.45) is 0 Å². The van der Waals surface area contributed by atoms with Crippen molar-refractivity contribution in [3.8, 4) is 0 Å². The molecule has 5 amide bonds. The molecule has 40 heavy (non-hydrogen) atoms. The van der Waals surface area contributed by atoms with Crippen LogP contribution in [0.2, 0.25) is 0 Å². The summed E-state index contributed by atoms with van der Waals surface area (Å²) >= 11 is 0. The first-order valence-electron chi connectivity index (χ1n) is 12.8. The van der Waals surface area contributed by atoms with Gasteiger partial charge in [0.05, 0.1) is 6.42 Å². The molecular formula is C25H45N5O10. The summed E-state index contributed by atoms with van der Waals surface area (Å²) in [5.41, 5.74) is -2.37. The summed E-state index contributed by atoms with van der Waals surface area (Å²) in [4.78, 5) is 74.3. The molecule has 0 spiro atoms. The van der Waals surface area contributed by atoms with Gasteiger partial charge in [0.25, 0.3) is 0 Å². The Morgan fingerprint density at radius 1 is 0.675 bits per heavy atom. The maximum Gasteiger partial charge on any atom is 0.408 e. The van der Waals surface area contributed by atoms with Crippen LogP contribution in [0.25, 0.3) is 0 Å². The van der Waals surface area contributed by atoms with Crippen molar-refractivity contribution in [2.75, 3.05) is 32.7 Å². The van der Waals surface area contributed by atoms with Gasteiger partial charge in [-0.3, -0.25) is 14.4 Å². The van der Waals surface area contributed by atoms with Gasteiger partial charge in [-0.05, 0) is 62.3 Å². The minimum atomic E-state index is -1.47. The van der Waals surface area contributed by atoms with Gasteiger partial charge < -0.3 is 45.5 Å². The Kier molecular flexibility index (Phi) is 14.2. The third-order valence-corrected chi connectivity index (χ3v) is 4.25. The monoisotopic (exact) mass is 575 g/mol. The predicted octanol–water partition coefficient (Wildman–Crippen LogP) is 1.35. The first-order valence-corrected chi connectivity index (χ1v) is 12.8. The lowest BCUT2D eigenvalue weighted by molar-refractivity contribution is -0.138. The van der Waals surface area contributed by atoms with Crippen LogP contribution in [-0.4, -0.2) is 102 Å². The van der Waals surface area contributed by atoms with Crippen molar-refractivity contribution < 1.29 is 48.1 Å². The topological polar surface area (TPSA) is 202 Å². The molecule has 0 aliphatic rings. The molecule has 0 saturated carbocycles. The number of hydrogen-bond donors (Lipinski definition) is 5. The number of alkyl carbamates (subject to hydrolysis) is 3. The fraction of sp³-hybridized carbons (Fsp3) is 0.760. The number of hydrogen-bond acceptors (Lipinski definition) is 9. The molecule has 15 nitrogen and oxygen atoms in total. The van der Waals surface area contributed by atoms with Gasteiger partial charge in [0, 0.05) is 26.2 Å². The number of carbonyl (C=O) groups is 6. The van der Waals surface area contributed by atoms with E-state index in [0.29, 0.717) is 0 Å². The van der Waals surface area contributed by atoms with Gasteiger partial charge in [0.15, 0.2) is 0 Å². The van der Waals surface area contributed by atoms with E-state index in [2.05, 4.69) is 21.3 Å². The van der Waals surface area contributed by atoms with Crippen LogP contribution in [-0.2, 0) is 28.6 Å². The summed E-state index contributed by atoms with van der Waals surface area (Å²) in [6.07, 6.45) is -2.96. The van der Waals surface area contributed by atoms with Gasteiger partial charge in [0.2, 0.25) is 11.8 Å². The normalized spacial score (nSPS) is 12.3. The zero-order valence-electron chi connectivity index (χ0n) is 24.9. The molecule has 230 valence electrons. The molecule has 0 aromatic heterocycles. The number of carboxylic acids is 1. The minimum Gasteiger partial charge on any atom is -0.480 e. The molecule has 0 rings (SSSR count). The van der Waals surface area contributed by atoms with Crippen LogP contribution in [0.4, 0.5) is 14.4 Å². The van der Waals surface area contributed by atoms with Crippen LogP contribution < -0.4 is 21.3 Å². The Balaban J connectivity index is 5.57. The van der Waals surface area contributed by atoms with E-state index in [0.717, 1.165) is 0 Å². The van der Waals surface area contributed by atoms with Crippen LogP contribution in [0.5, 0.6) is 0 Å². The van der Waals surface area contributed by atoms with Crippen LogP contribution in [0.1, 0.15) is 68.7 Å². The lowest BCUT2D eigenvalue weighted by Gasteiger charge is -2.27. The van der Waals surface area contributed by atoms with Crippen molar-refractivity contribution in [1.29, 1.82) is 0 Å². The van der Waals surface area contributed by atoms with Crippen molar-refractivity contribution >= 4 is 36.1 Å². The molecule has 0 aromatic rings. The van der Waals surface area contributed by atoms with E-state index in [-0.39, 0.29) is 26.2 Å². The lowest BCUT2D eigenvalue weighted by Crippen LogP contribution is -2.52. The quantitative estimate of drug-likeness (QED) is 0.211. The fourth-order valence-electron chi connectivity index (χ4n) is 2.82. The van der Waals surface area contributed by atoms with E-state index in [1.807, 2.05) is 0 Å². The number of aliphatic carboxylic acids is 1. The second-order valence-electron chi connectivity index (χ2n) is 11.8. The predicted molar refractivity (Wildman–Crippen MR) is 143 cm³/mol. The highest BCUT2D eigenvalue weighted by Crippen LogP contribution is 2.09. The third-order valence-electron chi connectivity index (χ3n) is 4.25. The van der Waals surface area contributed by atoms with Gasteiger partial charge in [-0.1, -0.05) is 0 Å². The Hall–Kier alpha value is -3.78. The third kappa shape index (κ3) is 19.3. The fourth-order valence-corrected chi connectivity index (χ4v) is 2.82. The molecule has 0 aromatic carbocycles. The molecule has 0 aliphatic heterocycles. The van der Waals surface area contributed by atoms with E-state index in [1.54, 1.807) is 62.3 Å². The lowest BCUT2D eigenvalue weighted by atomic mass is 10.1. The second kappa shape index (κ2) is 15.7. The maximum atomic E-state index is 13.2. The molecule has 0 aliphatic carbocycles. The highest BCUT2D eigenvalue weighted by atomic mass is 16.6. The van der Waals surface area contributed by atoms with Crippen LogP contribution >= 0.6 is 0 Å². The minimum absolute atomic E-state index is 0.0253. The zero-order valence-corrected chi connectivity index (χ0v) is 24.9. The van der Waals surface area contributed by atoms with Gasteiger partial charge in [-0.2, -0.15) is 0 Å². The van der Waals surface area contributed by atoms with Crippen LogP contribution in [0.3, 0.4) is 0 Å². The van der Waals surface area contributed by atoms with E-state index in [1.165, 1.54) is 4.90 Å². The standard InChI is InChI=1S/C25H45N5O10/c1-23(2,3)38-20(35)26-10-12-30(13-11-27-21(36)39-24(4,5)6)17(31)14-16(19(34)28-15-18(32)33)29-22(37)40-25(7,8)9/h16H,10-15H2,1-9H3,(H,26,35)(H,27,36)(H,28,34)(H,29,37)(H,32,33)/t16-/m0/s1. The molecular weight excluding hydrogens is 530 g/mol. The smallest absolute Gasteiger partial charge is 0.408 e. The highest BCUT2D eigenvalue weighted by Gasteiger charge is 2.29. The molecule has 0 heterocycles. The Morgan fingerprint density at radius 2 is 1.07 bits per heavy atom.